The Balaban J connectivity index is 2.11. The van der Waals surface area contributed by atoms with Crippen LogP contribution in [0.25, 0.3) is 0 Å². The maximum atomic E-state index is 10.7. The molecule has 5 heteroatoms. The van der Waals surface area contributed by atoms with Gasteiger partial charge in [-0.1, -0.05) is 12.8 Å². The SMILES string of the molecule is Cc1cc([N+](=O)[O-])ccc1NC1CCCCC1CN. The van der Waals surface area contributed by atoms with Crippen molar-refractivity contribution in [1.82, 2.24) is 0 Å². The molecule has 1 aromatic carbocycles. The molecular formula is C14H21N3O2. The summed E-state index contributed by atoms with van der Waals surface area (Å²) in [5.74, 6) is 0.503. The molecule has 19 heavy (non-hydrogen) atoms. The molecule has 2 unspecified atom stereocenters. The molecule has 0 radical (unpaired) electrons. The summed E-state index contributed by atoms with van der Waals surface area (Å²) in [4.78, 5) is 10.4. The largest absolute Gasteiger partial charge is 0.382 e. The van der Waals surface area contributed by atoms with Crippen molar-refractivity contribution in [3.05, 3.63) is 33.9 Å². The zero-order chi connectivity index (χ0) is 13.8. The third kappa shape index (κ3) is 3.23. The fraction of sp³-hybridized carbons (Fsp3) is 0.571. The first-order valence-electron chi connectivity index (χ1n) is 6.83. The van der Waals surface area contributed by atoms with Gasteiger partial charge >= 0.3 is 0 Å². The van der Waals surface area contributed by atoms with Gasteiger partial charge in [0.25, 0.3) is 5.69 Å². The highest BCUT2D eigenvalue weighted by molar-refractivity contribution is 5.56. The Labute approximate surface area is 113 Å². The molecule has 0 saturated heterocycles. The van der Waals surface area contributed by atoms with Crippen LogP contribution in [0, 0.1) is 23.0 Å². The average molecular weight is 263 g/mol. The van der Waals surface area contributed by atoms with Crippen molar-refractivity contribution in [3.63, 3.8) is 0 Å². The van der Waals surface area contributed by atoms with E-state index in [-0.39, 0.29) is 10.6 Å². The average Bonchev–Trinajstić information content (AvgIpc) is 2.41. The number of anilines is 1. The molecule has 0 bridgehead atoms. The number of nitrogens with two attached hydrogens (primary N) is 1. The highest BCUT2D eigenvalue weighted by atomic mass is 16.6. The molecule has 5 nitrogen and oxygen atoms in total. The van der Waals surface area contributed by atoms with Gasteiger partial charge in [0.05, 0.1) is 4.92 Å². The number of benzene rings is 1. The van der Waals surface area contributed by atoms with E-state index in [1.54, 1.807) is 18.2 Å². The summed E-state index contributed by atoms with van der Waals surface area (Å²) in [6, 6.07) is 5.35. The summed E-state index contributed by atoms with van der Waals surface area (Å²) in [5.41, 5.74) is 7.86. The fourth-order valence-corrected chi connectivity index (χ4v) is 2.80. The van der Waals surface area contributed by atoms with E-state index in [0.717, 1.165) is 17.7 Å². The van der Waals surface area contributed by atoms with E-state index in [0.29, 0.717) is 18.5 Å². The monoisotopic (exact) mass is 263 g/mol. The number of non-ortho nitro benzene ring substituents is 1. The van der Waals surface area contributed by atoms with Gasteiger partial charge in [0.2, 0.25) is 0 Å². The second-order valence-corrected chi connectivity index (χ2v) is 5.29. The van der Waals surface area contributed by atoms with Crippen LogP contribution in [0.1, 0.15) is 31.2 Å². The molecule has 0 aliphatic heterocycles. The topological polar surface area (TPSA) is 81.2 Å². The van der Waals surface area contributed by atoms with Crippen molar-refractivity contribution in [3.8, 4) is 0 Å². The van der Waals surface area contributed by atoms with Crippen LogP contribution < -0.4 is 11.1 Å². The lowest BCUT2D eigenvalue weighted by molar-refractivity contribution is -0.384. The van der Waals surface area contributed by atoms with Crippen molar-refractivity contribution in [2.75, 3.05) is 11.9 Å². The first-order chi connectivity index (χ1) is 9.11. The highest BCUT2D eigenvalue weighted by Crippen LogP contribution is 2.29. The van der Waals surface area contributed by atoms with Crippen molar-refractivity contribution >= 4 is 11.4 Å². The van der Waals surface area contributed by atoms with Crippen molar-refractivity contribution < 1.29 is 4.92 Å². The van der Waals surface area contributed by atoms with Crippen LogP contribution in [0.15, 0.2) is 18.2 Å². The van der Waals surface area contributed by atoms with Gasteiger partial charge in [-0.2, -0.15) is 0 Å². The summed E-state index contributed by atoms with van der Waals surface area (Å²) >= 11 is 0. The lowest BCUT2D eigenvalue weighted by Crippen LogP contribution is -2.36. The molecule has 104 valence electrons. The van der Waals surface area contributed by atoms with Crippen LogP contribution in [-0.2, 0) is 0 Å². The standard InChI is InChI=1S/C14H21N3O2/c1-10-8-12(17(18)19)6-7-13(10)16-14-5-3-2-4-11(14)9-15/h6-8,11,14,16H,2-5,9,15H2,1H3. The quantitative estimate of drug-likeness (QED) is 0.646. The number of rotatable bonds is 4. The molecule has 1 aliphatic carbocycles. The van der Waals surface area contributed by atoms with E-state index in [1.165, 1.54) is 19.3 Å². The molecule has 1 aromatic rings. The van der Waals surface area contributed by atoms with E-state index < -0.39 is 0 Å². The van der Waals surface area contributed by atoms with Crippen LogP contribution >= 0.6 is 0 Å². The molecule has 0 aromatic heterocycles. The van der Waals surface area contributed by atoms with Gasteiger partial charge in [0.15, 0.2) is 0 Å². The molecule has 0 heterocycles. The van der Waals surface area contributed by atoms with E-state index in [4.69, 9.17) is 5.73 Å². The molecule has 1 aliphatic rings. The Hall–Kier alpha value is -1.62. The molecule has 2 rings (SSSR count). The predicted molar refractivity (Wildman–Crippen MR) is 76.3 cm³/mol. The first kappa shape index (κ1) is 13.8. The summed E-state index contributed by atoms with van der Waals surface area (Å²) in [6.45, 7) is 2.60. The summed E-state index contributed by atoms with van der Waals surface area (Å²) in [6.07, 6.45) is 4.76. The summed E-state index contributed by atoms with van der Waals surface area (Å²) in [7, 11) is 0. The van der Waals surface area contributed by atoms with Crippen molar-refractivity contribution in [2.24, 2.45) is 11.7 Å². The summed E-state index contributed by atoms with van der Waals surface area (Å²) in [5, 5.41) is 14.2. The normalized spacial score (nSPS) is 23.1. The Morgan fingerprint density at radius 1 is 1.42 bits per heavy atom. The maximum absolute atomic E-state index is 10.7. The van der Waals surface area contributed by atoms with E-state index in [1.807, 2.05) is 6.92 Å². The van der Waals surface area contributed by atoms with Gasteiger partial charge in [0, 0.05) is 23.9 Å². The van der Waals surface area contributed by atoms with Gasteiger partial charge in [0.1, 0.15) is 0 Å². The lowest BCUT2D eigenvalue weighted by atomic mass is 9.84. The van der Waals surface area contributed by atoms with Gasteiger partial charge in [-0.25, -0.2) is 0 Å². The van der Waals surface area contributed by atoms with Crippen molar-refractivity contribution in [2.45, 2.75) is 38.6 Å². The van der Waals surface area contributed by atoms with E-state index >= 15 is 0 Å². The second-order valence-electron chi connectivity index (χ2n) is 5.29. The summed E-state index contributed by atoms with van der Waals surface area (Å²) < 4.78 is 0. The third-order valence-electron chi connectivity index (χ3n) is 3.97. The van der Waals surface area contributed by atoms with Gasteiger partial charge in [-0.3, -0.25) is 10.1 Å². The van der Waals surface area contributed by atoms with Gasteiger partial charge in [-0.05, 0) is 43.9 Å². The Kier molecular flexibility index (Phi) is 4.37. The Morgan fingerprint density at radius 2 is 2.16 bits per heavy atom. The predicted octanol–water partition coefficient (Wildman–Crippen LogP) is 2.83. The smallest absolute Gasteiger partial charge is 0.269 e. The number of aryl methyl sites for hydroxylation is 1. The number of nitrogens with zero attached hydrogens (tertiary/aromatic N) is 1. The molecule has 1 saturated carbocycles. The number of nitro groups is 1. The second kappa shape index (κ2) is 6.02. The highest BCUT2D eigenvalue weighted by Gasteiger charge is 2.24. The van der Waals surface area contributed by atoms with Crippen molar-refractivity contribution in [1.29, 1.82) is 0 Å². The molecule has 1 fully saturated rings. The molecule has 0 amide bonds. The van der Waals surface area contributed by atoms with Crippen LogP contribution in [0.3, 0.4) is 0 Å². The van der Waals surface area contributed by atoms with Crippen LogP contribution in [0.4, 0.5) is 11.4 Å². The maximum Gasteiger partial charge on any atom is 0.269 e. The zero-order valence-electron chi connectivity index (χ0n) is 11.3. The minimum absolute atomic E-state index is 0.141. The first-order valence-corrected chi connectivity index (χ1v) is 6.83. The molecule has 0 spiro atoms. The number of hydrogen-bond acceptors (Lipinski definition) is 4. The number of nitro benzene ring substituents is 1. The van der Waals surface area contributed by atoms with E-state index in [2.05, 4.69) is 5.32 Å². The minimum Gasteiger partial charge on any atom is -0.382 e. The Morgan fingerprint density at radius 3 is 2.79 bits per heavy atom. The number of nitrogens with one attached hydrogen (secondary N) is 1. The minimum atomic E-state index is -0.361. The molecular weight excluding hydrogens is 242 g/mol. The third-order valence-corrected chi connectivity index (χ3v) is 3.97. The zero-order valence-corrected chi connectivity index (χ0v) is 11.3. The number of hydrogen-bond donors (Lipinski definition) is 2. The molecule has 2 atom stereocenters. The Bertz CT molecular complexity index is 462. The van der Waals surface area contributed by atoms with Gasteiger partial charge < -0.3 is 11.1 Å². The van der Waals surface area contributed by atoms with Crippen LogP contribution in [0.2, 0.25) is 0 Å². The van der Waals surface area contributed by atoms with Crippen LogP contribution in [-0.4, -0.2) is 17.5 Å². The lowest BCUT2D eigenvalue weighted by Gasteiger charge is -2.32. The van der Waals surface area contributed by atoms with Crippen LogP contribution in [0.5, 0.6) is 0 Å². The van der Waals surface area contributed by atoms with E-state index in [9.17, 15) is 10.1 Å². The fourth-order valence-electron chi connectivity index (χ4n) is 2.80. The molecule has 3 N–H and O–H groups in total. The van der Waals surface area contributed by atoms with Gasteiger partial charge in [-0.15, -0.1) is 0 Å².